The van der Waals surface area contributed by atoms with Crippen LogP contribution in [0.25, 0.3) is 11.3 Å². The largest absolute Gasteiger partial charge is 0.375 e. The molecule has 0 saturated carbocycles. The molecule has 2 atom stereocenters. The maximum atomic E-state index is 13.2. The number of imidazole rings is 1. The predicted molar refractivity (Wildman–Crippen MR) is 138 cm³/mol. The monoisotopic (exact) mass is 500 g/mol. The number of aromatic nitrogens is 2. The fourth-order valence-corrected chi connectivity index (χ4v) is 4.35. The first-order chi connectivity index (χ1) is 16.8. The van der Waals surface area contributed by atoms with E-state index in [2.05, 4.69) is 16.7 Å². The average molecular weight is 501 g/mol. The molecule has 1 aromatic heterocycles. The quantitative estimate of drug-likeness (QED) is 0.375. The summed E-state index contributed by atoms with van der Waals surface area (Å²) in [7, 11) is 1.49. The summed E-state index contributed by atoms with van der Waals surface area (Å²) in [6.45, 7) is 4.28. The molecular weight excluding hydrogens is 467 g/mol. The maximum absolute atomic E-state index is 13.2. The molecule has 0 spiro atoms. The zero-order valence-electron chi connectivity index (χ0n) is 20.5. The number of hydrogen-bond acceptors (Lipinski definition) is 4. The Bertz CT molecular complexity index is 1090. The summed E-state index contributed by atoms with van der Waals surface area (Å²) in [6, 6.07) is 16.6. The molecule has 1 heterocycles. The Labute approximate surface area is 211 Å². The molecular formula is C27H34ClFN4O2. The Balaban J connectivity index is 2.10. The van der Waals surface area contributed by atoms with Gasteiger partial charge in [-0.25, -0.2) is 9.37 Å². The summed E-state index contributed by atoms with van der Waals surface area (Å²) >= 11 is 6.25. The highest BCUT2D eigenvalue weighted by molar-refractivity contribution is 6.30. The number of amides is 1. The zero-order valence-corrected chi connectivity index (χ0v) is 21.3. The minimum absolute atomic E-state index is 0.0292. The second-order valence-corrected chi connectivity index (χ2v) is 9.46. The predicted octanol–water partition coefficient (Wildman–Crippen LogP) is 5.11. The lowest BCUT2D eigenvalue weighted by molar-refractivity contribution is -0.139. The Kier molecular flexibility index (Phi) is 9.83. The van der Waals surface area contributed by atoms with Gasteiger partial charge in [-0.05, 0) is 30.0 Å². The van der Waals surface area contributed by atoms with Gasteiger partial charge in [0.25, 0.3) is 0 Å². The topological polar surface area (TPSA) is 73.4 Å². The molecule has 2 aromatic carbocycles. The van der Waals surface area contributed by atoms with Gasteiger partial charge in [0, 0.05) is 43.0 Å². The lowest BCUT2D eigenvalue weighted by Crippen LogP contribution is -2.43. The second-order valence-electron chi connectivity index (χ2n) is 9.02. The summed E-state index contributed by atoms with van der Waals surface area (Å²) in [5.41, 5.74) is 8.63. The fourth-order valence-electron chi connectivity index (χ4n) is 4.16. The Hall–Kier alpha value is -2.74. The van der Waals surface area contributed by atoms with Gasteiger partial charge >= 0.3 is 0 Å². The van der Waals surface area contributed by atoms with E-state index in [-0.39, 0.29) is 24.5 Å². The van der Waals surface area contributed by atoms with Gasteiger partial charge in [0.1, 0.15) is 19.1 Å². The molecule has 188 valence electrons. The van der Waals surface area contributed by atoms with Gasteiger partial charge in [-0.1, -0.05) is 67.9 Å². The number of carbonyl (C=O) groups excluding carboxylic acids is 1. The maximum Gasteiger partial charge on any atom is 0.249 e. The van der Waals surface area contributed by atoms with Gasteiger partial charge in [-0.3, -0.25) is 4.79 Å². The average Bonchev–Trinajstić information content (AvgIpc) is 3.25. The van der Waals surface area contributed by atoms with Crippen molar-refractivity contribution in [2.45, 2.75) is 38.9 Å². The summed E-state index contributed by atoms with van der Waals surface area (Å²) in [6.07, 6.45) is 2.34. The third kappa shape index (κ3) is 7.13. The third-order valence-corrected chi connectivity index (χ3v) is 6.12. The number of methoxy groups -OCH3 is 1. The molecule has 3 rings (SSSR count). The molecule has 2 N–H and O–H groups in total. The number of halogens is 2. The van der Waals surface area contributed by atoms with Crippen molar-refractivity contribution in [2.24, 2.45) is 11.7 Å². The molecule has 1 amide bonds. The lowest BCUT2D eigenvalue weighted by Gasteiger charge is -2.35. The van der Waals surface area contributed by atoms with Crippen LogP contribution in [-0.2, 0) is 16.1 Å². The first-order valence-electron chi connectivity index (χ1n) is 11.8. The van der Waals surface area contributed by atoms with Crippen LogP contribution in [0.4, 0.5) is 4.39 Å². The van der Waals surface area contributed by atoms with Crippen molar-refractivity contribution in [3.05, 3.63) is 77.2 Å². The van der Waals surface area contributed by atoms with Crippen LogP contribution in [0.1, 0.15) is 37.7 Å². The molecule has 0 bridgehead atoms. The van der Waals surface area contributed by atoms with E-state index in [4.69, 9.17) is 27.1 Å². The van der Waals surface area contributed by atoms with Crippen molar-refractivity contribution in [3.63, 3.8) is 0 Å². The van der Waals surface area contributed by atoms with Gasteiger partial charge in [0.05, 0.1) is 11.7 Å². The second kappa shape index (κ2) is 12.8. The highest BCUT2D eigenvalue weighted by atomic mass is 35.5. The van der Waals surface area contributed by atoms with Gasteiger partial charge in [0.15, 0.2) is 0 Å². The molecule has 0 radical (unpaired) electrons. The number of benzene rings is 2. The van der Waals surface area contributed by atoms with E-state index < -0.39 is 12.7 Å². The highest BCUT2D eigenvalue weighted by Gasteiger charge is 2.32. The molecule has 35 heavy (non-hydrogen) atoms. The Morgan fingerprint density at radius 3 is 2.57 bits per heavy atom. The number of hydrogen-bond donors (Lipinski definition) is 1. The van der Waals surface area contributed by atoms with Crippen molar-refractivity contribution in [1.82, 2.24) is 14.5 Å². The lowest BCUT2D eigenvalue weighted by atomic mass is 10.00. The minimum Gasteiger partial charge on any atom is -0.375 e. The van der Waals surface area contributed by atoms with E-state index in [0.29, 0.717) is 24.5 Å². The number of nitrogens with two attached hydrogens (primary N) is 1. The molecule has 3 aromatic rings. The van der Waals surface area contributed by atoms with Gasteiger partial charge in [-0.2, -0.15) is 0 Å². The van der Waals surface area contributed by atoms with Gasteiger partial charge in [0.2, 0.25) is 5.91 Å². The zero-order chi connectivity index (χ0) is 25.4. The van der Waals surface area contributed by atoms with Crippen LogP contribution >= 0.6 is 11.6 Å². The van der Waals surface area contributed by atoms with Crippen LogP contribution in [0, 0.1) is 5.92 Å². The third-order valence-electron chi connectivity index (χ3n) is 5.88. The van der Waals surface area contributed by atoms with Crippen LogP contribution < -0.4 is 5.73 Å². The van der Waals surface area contributed by atoms with Gasteiger partial charge in [-0.15, -0.1) is 0 Å². The molecule has 0 aliphatic heterocycles. The Morgan fingerprint density at radius 1 is 1.20 bits per heavy atom. The normalized spacial score (nSPS) is 13.1. The van der Waals surface area contributed by atoms with E-state index in [0.717, 1.165) is 22.6 Å². The molecule has 0 saturated heterocycles. The summed E-state index contributed by atoms with van der Waals surface area (Å²) in [5, 5.41) is 0.624. The van der Waals surface area contributed by atoms with Crippen molar-refractivity contribution in [2.75, 3.05) is 26.9 Å². The van der Waals surface area contributed by atoms with E-state index in [1.165, 1.54) is 7.11 Å². The van der Waals surface area contributed by atoms with Crippen LogP contribution in [0.15, 0.2) is 60.8 Å². The molecule has 8 heteroatoms. The highest BCUT2D eigenvalue weighted by Crippen LogP contribution is 2.32. The summed E-state index contributed by atoms with van der Waals surface area (Å²) in [5.74, 6) is 0.592. The first kappa shape index (κ1) is 26.9. The number of ether oxygens (including phenoxy) is 1. The minimum atomic E-state index is -0.639. The van der Waals surface area contributed by atoms with Crippen molar-refractivity contribution >= 4 is 17.5 Å². The number of nitrogens with zero attached hydrogens (tertiary/aromatic N) is 3. The SMILES string of the molecule is COCC(=O)N(CCC(N)CF)[C@@H](c1nc(-c2cccc(Cl)c2)cn1Cc1ccccc1)C(C)C. The fraction of sp³-hybridized carbons (Fsp3) is 0.407. The van der Waals surface area contributed by atoms with Crippen LogP contribution in [0.2, 0.25) is 5.02 Å². The van der Waals surface area contributed by atoms with E-state index >= 15 is 0 Å². The van der Waals surface area contributed by atoms with Crippen LogP contribution in [0.3, 0.4) is 0 Å². The standard InChI is InChI=1S/C27H34ClFN4O2/c1-19(2)26(33(25(34)18-35-3)13-12-23(30)15-29)27-31-24(21-10-7-11-22(28)14-21)17-32(27)16-20-8-5-4-6-9-20/h4-11,14,17,19,23,26H,12-13,15-16,18,30H2,1-3H3/t23?,26-/m1/s1. The summed E-state index contributed by atoms with van der Waals surface area (Å²) < 4.78 is 20.4. The Morgan fingerprint density at radius 2 is 1.94 bits per heavy atom. The van der Waals surface area contributed by atoms with Crippen LogP contribution in [0.5, 0.6) is 0 Å². The number of carbonyl (C=O) groups is 1. The number of rotatable bonds is 12. The summed E-state index contributed by atoms with van der Waals surface area (Å²) in [4.78, 5) is 19.9. The molecule has 0 fully saturated rings. The van der Waals surface area contributed by atoms with Crippen molar-refractivity contribution < 1.29 is 13.9 Å². The van der Waals surface area contributed by atoms with Crippen molar-refractivity contribution in [3.8, 4) is 11.3 Å². The van der Waals surface area contributed by atoms with Gasteiger partial charge < -0.3 is 19.9 Å². The molecule has 1 unspecified atom stereocenters. The molecule has 0 aliphatic carbocycles. The van der Waals surface area contributed by atoms with Crippen molar-refractivity contribution in [1.29, 1.82) is 0 Å². The van der Waals surface area contributed by atoms with E-state index in [9.17, 15) is 9.18 Å². The van der Waals surface area contributed by atoms with E-state index in [1.807, 2.05) is 62.5 Å². The molecule has 0 aliphatic rings. The van der Waals surface area contributed by atoms with Crippen LogP contribution in [-0.4, -0.2) is 53.3 Å². The smallest absolute Gasteiger partial charge is 0.249 e. The number of alkyl halides is 1. The first-order valence-corrected chi connectivity index (χ1v) is 12.2. The molecule has 6 nitrogen and oxygen atoms in total. The van der Waals surface area contributed by atoms with E-state index in [1.54, 1.807) is 4.90 Å².